The summed E-state index contributed by atoms with van der Waals surface area (Å²) in [5.41, 5.74) is 0. The van der Waals surface area contributed by atoms with E-state index in [2.05, 4.69) is 4.90 Å². The van der Waals surface area contributed by atoms with E-state index in [0.717, 1.165) is 32.5 Å². The quantitative estimate of drug-likeness (QED) is 0.619. The molecule has 0 bridgehead atoms. The summed E-state index contributed by atoms with van der Waals surface area (Å²) in [7, 11) is 2.05. The molecule has 1 amide bonds. The maximum atomic E-state index is 11.9. The van der Waals surface area contributed by atoms with Gasteiger partial charge in [0.25, 0.3) is 0 Å². The van der Waals surface area contributed by atoms with Crippen LogP contribution < -0.4 is 0 Å². The van der Waals surface area contributed by atoms with Gasteiger partial charge in [0.15, 0.2) is 0 Å². The molecule has 2 rings (SSSR count). The summed E-state index contributed by atoms with van der Waals surface area (Å²) >= 11 is 0. The second-order valence-corrected chi connectivity index (χ2v) is 4.47. The van der Waals surface area contributed by atoms with Gasteiger partial charge >= 0.3 is 0 Å². The Morgan fingerprint density at radius 2 is 2.07 bits per heavy atom. The number of carbonyl (C=O) groups is 1. The monoisotopic (exact) mass is 198 g/mol. The molecule has 0 spiro atoms. The van der Waals surface area contributed by atoms with Gasteiger partial charge in [0, 0.05) is 19.6 Å². The van der Waals surface area contributed by atoms with Crippen molar-refractivity contribution >= 4 is 5.91 Å². The molecule has 14 heavy (non-hydrogen) atoms. The molecule has 2 fully saturated rings. The Balaban J connectivity index is 1.89. The van der Waals surface area contributed by atoms with Crippen LogP contribution in [0.3, 0.4) is 0 Å². The predicted octanol–water partition coefficient (Wildman–Crippen LogP) is -0.469. The third-order valence-corrected chi connectivity index (χ3v) is 3.22. The van der Waals surface area contributed by atoms with E-state index in [9.17, 15) is 9.90 Å². The number of carbonyl (C=O) groups excluding carboxylic acids is 1. The Morgan fingerprint density at radius 1 is 1.29 bits per heavy atom. The van der Waals surface area contributed by atoms with Gasteiger partial charge in [-0.1, -0.05) is 0 Å². The van der Waals surface area contributed by atoms with E-state index >= 15 is 0 Å². The number of β-amino-alcohol motifs (C(OH)–C–C–N with tert-alkyl or cyclic N) is 1. The zero-order valence-electron chi connectivity index (χ0n) is 8.65. The van der Waals surface area contributed by atoms with Crippen molar-refractivity contribution in [1.29, 1.82) is 0 Å². The van der Waals surface area contributed by atoms with Gasteiger partial charge in [0.05, 0.1) is 12.0 Å². The summed E-state index contributed by atoms with van der Waals surface area (Å²) in [4.78, 5) is 15.9. The molecular weight excluding hydrogens is 180 g/mol. The molecule has 2 aliphatic heterocycles. The van der Waals surface area contributed by atoms with Crippen molar-refractivity contribution in [3.05, 3.63) is 0 Å². The fourth-order valence-corrected chi connectivity index (χ4v) is 2.34. The van der Waals surface area contributed by atoms with Crippen molar-refractivity contribution in [1.82, 2.24) is 9.80 Å². The van der Waals surface area contributed by atoms with Gasteiger partial charge in [-0.2, -0.15) is 0 Å². The largest absolute Gasteiger partial charge is 0.391 e. The fourth-order valence-electron chi connectivity index (χ4n) is 2.34. The lowest BCUT2D eigenvalue weighted by molar-refractivity contribution is -0.134. The topological polar surface area (TPSA) is 43.8 Å². The average molecular weight is 198 g/mol. The Bertz CT molecular complexity index is 210. The van der Waals surface area contributed by atoms with Gasteiger partial charge < -0.3 is 14.9 Å². The molecule has 4 nitrogen and oxygen atoms in total. The van der Waals surface area contributed by atoms with Crippen molar-refractivity contribution < 1.29 is 9.90 Å². The van der Waals surface area contributed by atoms with Crippen molar-refractivity contribution in [2.75, 3.05) is 33.2 Å². The minimum absolute atomic E-state index is 0.172. The van der Waals surface area contributed by atoms with Gasteiger partial charge in [-0.25, -0.2) is 0 Å². The Kier molecular flexibility index (Phi) is 2.74. The van der Waals surface area contributed by atoms with E-state index in [0.29, 0.717) is 6.54 Å². The van der Waals surface area contributed by atoms with Crippen LogP contribution in [0.5, 0.6) is 0 Å². The van der Waals surface area contributed by atoms with E-state index in [4.69, 9.17) is 0 Å². The lowest BCUT2D eigenvalue weighted by atomic mass is 10.1. The number of aliphatic hydroxyl groups is 1. The van der Waals surface area contributed by atoms with Crippen molar-refractivity contribution in [3.63, 3.8) is 0 Å². The zero-order valence-corrected chi connectivity index (χ0v) is 8.65. The maximum absolute atomic E-state index is 11.9. The second-order valence-electron chi connectivity index (χ2n) is 4.47. The highest BCUT2D eigenvalue weighted by Crippen LogP contribution is 2.20. The van der Waals surface area contributed by atoms with Gasteiger partial charge in [-0.05, 0) is 26.4 Å². The average Bonchev–Trinajstić information content (AvgIpc) is 2.73. The van der Waals surface area contributed by atoms with E-state index in [1.165, 1.54) is 0 Å². The van der Waals surface area contributed by atoms with Gasteiger partial charge in [0.1, 0.15) is 0 Å². The number of hydrogen-bond acceptors (Lipinski definition) is 3. The standard InChI is InChI=1S/C10H18N2O2/c1-11-4-2-8(6-11)10(14)12-5-3-9(13)7-12/h8-9,13H,2-7H2,1H3. The minimum atomic E-state index is -0.293. The number of amides is 1. The molecular formula is C10H18N2O2. The number of nitrogens with zero attached hydrogens (tertiary/aromatic N) is 2. The first-order valence-corrected chi connectivity index (χ1v) is 5.32. The van der Waals surface area contributed by atoms with E-state index in [1.807, 2.05) is 11.9 Å². The summed E-state index contributed by atoms with van der Waals surface area (Å²) in [5, 5.41) is 9.34. The van der Waals surface area contributed by atoms with Crippen molar-refractivity contribution in [3.8, 4) is 0 Å². The highest BCUT2D eigenvalue weighted by molar-refractivity contribution is 5.79. The minimum Gasteiger partial charge on any atom is -0.391 e. The SMILES string of the molecule is CN1CCC(C(=O)N2CCC(O)C2)C1. The van der Waals surface area contributed by atoms with Gasteiger partial charge in [0.2, 0.25) is 5.91 Å². The van der Waals surface area contributed by atoms with E-state index in [1.54, 1.807) is 0 Å². The molecule has 2 aliphatic rings. The first-order chi connectivity index (χ1) is 6.66. The molecule has 0 aromatic carbocycles. The predicted molar refractivity (Wildman–Crippen MR) is 52.8 cm³/mol. The second kappa shape index (κ2) is 3.87. The van der Waals surface area contributed by atoms with Crippen molar-refractivity contribution in [2.24, 2.45) is 5.92 Å². The van der Waals surface area contributed by atoms with E-state index < -0.39 is 0 Å². The van der Waals surface area contributed by atoms with Gasteiger partial charge in [-0.3, -0.25) is 4.79 Å². The lowest BCUT2D eigenvalue weighted by Crippen LogP contribution is -2.36. The van der Waals surface area contributed by atoms with E-state index in [-0.39, 0.29) is 17.9 Å². The Labute approximate surface area is 84.5 Å². The zero-order chi connectivity index (χ0) is 10.1. The first kappa shape index (κ1) is 9.93. The smallest absolute Gasteiger partial charge is 0.227 e. The van der Waals surface area contributed by atoms with Crippen LogP contribution in [0, 0.1) is 5.92 Å². The van der Waals surface area contributed by atoms with Crippen LogP contribution in [0.1, 0.15) is 12.8 Å². The van der Waals surface area contributed by atoms with Crippen LogP contribution in [0.4, 0.5) is 0 Å². The highest BCUT2D eigenvalue weighted by atomic mass is 16.3. The summed E-state index contributed by atoms with van der Waals surface area (Å²) in [6, 6.07) is 0. The van der Waals surface area contributed by atoms with Crippen LogP contribution >= 0.6 is 0 Å². The molecule has 0 radical (unpaired) electrons. The molecule has 80 valence electrons. The lowest BCUT2D eigenvalue weighted by Gasteiger charge is -2.19. The molecule has 2 atom stereocenters. The number of aliphatic hydroxyl groups excluding tert-OH is 1. The first-order valence-electron chi connectivity index (χ1n) is 5.32. The van der Waals surface area contributed by atoms with Crippen LogP contribution in [-0.2, 0) is 4.79 Å². The summed E-state index contributed by atoms with van der Waals surface area (Å²) < 4.78 is 0. The Hall–Kier alpha value is -0.610. The van der Waals surface area contributed by atoms with Crippen LogP contribution in [0.2, 0.25) is 0 Å². The van der Waals surface area contributed by atoms with Crippen molar-refractivity contribution in [2.45, 2.75) is 18.9 Å². The number of likely N-dealkylation sites (tertiary alicyclic amines) is 2. The third kappa shape index (κ3) is 1.91. The molecule has 4 heteroatoms. The van der Waals surface area contributed by atoms with Crippen LogP contribution in [0.15, 0.2) is 0 Å². The molecule has 0 aliphatic carbocycles. The molecule has 2 heterocycles. The third-order valence-electron chi connectivity index (χ3n) is 3.22. The maximum Gasteiger partial charge on any atom is 0.227 e. The summed E-state index contributed by atoms with van der Waals surface area (Å²) in [6.45, 7) is 3.18. The number of rotatable bonds is 1. The summed E-state index contributed by atoms with van der Waals surface area (Å²) in [6.07, 6.45) is 1.43. The van der Waals surface area contributed by atoms with Crippen LogP contribution in [-0.4, -0.2) is 60.1 Å². The fraction of sp³-hybridized carbons (Fsp3) is 0.900. The normalized spacial score (nSPS) is 34.0. The molecule has 0 aromatic heterocycles. The molecule has 0 saturated carbocycles. The van der Waals surface area contributed by atoms with Crippen LogP contribution in [0.25, 0.3) is 0 Å². The number of hydrogen-bond donors (Lipinski definition) is 1. The van der Waals surface area contributed by atoms with Gasteiger partial charge in [-0.15, -0.1) is 0 Å². The molecule has 0 aromatic rings. The highest BCUT2D eigenvalue weighted by Gasteiger charge is 2.32. The molecule has 2 unspecified atom stereocenters. The molecule has 1 N–H and O–H groups in total. The molecule has 2 saturated heterocycles. The Morgan fingerprint density at radius 3 is 2.57 bits per heavy atom. The summed E-state index contributed by atoms with van der Waals surface area (Å²) in [5.74, 6) is 0.413.